The lowest BCUT2D eigenvalue weighted by atomic mass is 10.0. The zero-order valence-corrected chi connectivity index (χ0v) is 11.6. The number of piperazine rings is 1. The smallest absolute Gasteiger partial charge is 0.239 e. The van der Waals surface area contributed by atoms with Crippen LogP contribution in [-0.2, 0) is 4.79 Å². The lowest BCUT2D eigenvalue weighted by Crippen LogP contribution is -2.56. The minimum atomic E-state index is -0.323. The van der Waals surface area contributed by atoms with Gasteiger partial charge in [0.15, 0.2) is 0 Å². The molecule has 4 nitrogen and oxygen atoms in total. The molecule has 1 heterocycles. The molecule has 0 aromatic heterocycles. The Labute approximate surface area is 105 Å². The first-order valence-corrected chi connectivity index (χ1v) is 6.70. The first kappa shape index (κ1) is 14.5. The highest BCUT2D eigenvalue weighted by Gasteiger charge is 2.28. The topological polar surface area (TPSA) is 49.6 Å². The normalized spacial score (nSPS) is 24.1. The van der Waals surface area contributed by atoms with Crippen molar-refractivity contribution >= 4 is 5.91 Å². The lowest BCUT2D eigenvalue weighted by molar-refractivity contribution is -0.135. The number of likely N-dealkylation sites (N-methyl/N-ethyl adjacent to an activating group) is 1. The van der Waals surface area contributed by atoms with E-state index in [2.05, 4.69) is 32.7 Å². The third-order valence-corrected chi connectivity index (χ3v) is 3.60. The molecule has 1 amide bonds. The number of hydrogen-bond donors (Lipinski definition) is 1. The van der Waals surface area contributed by atoms with Gasteiger partial charge < -0.3 is 10.6 Å². The molecule has 0 bridgehead atoms. The van der Waals surface area contributed by atoms with Gasteiger partial charge in [-0.2, -0.15) is 0 Å². The number of carbonyl (C=O) groups is 1. The number of hydrogen-bond acceptors (Lipinski definition) is 3. The molecule has 2 unspecified atom stereocenters. The molecule has 100 valence electrons. The first-order valence-electron chi connectivity index (χ1n) is 6.70. The second kappa shape index (κ2) is 6.36. The number of amides is 1. The van der Waals surface area contributed by atoms with E-state index in [1.807, 2.05) is 4.90 Å². The van der Waals surface area contributed by atoms with Crippen LogP contribution in [0, 0.1) is 5.92 Å². The summed E-state index contributed by atoms with van der Waals surface area (Å²) in [7, 11) is 2.13. The van der Waals surface area contributed by atoms with Crippen LogP contribution in [0.4, 0.5) is 0 Å². The van der Waals surface area contributed by atoms with E-state index in [0.29, 0.717) is 12.0 Å². The Bertz CT molecular complexity index is 255. The summed E-state index contributed by atoms with van der Waals surface area (Å²) < 4.78 is 0. The minimum Gasteiger partial charge on any atom is -0.338 e. The molecule has 4 heteroatoms. The van der Waals surface area contributed by atoms with Crippen molar-refractivity contribution in [1.29, 1.82) is 0 Å². The van der Waals surface area contributed by atoms with Gasteiger partial charge in [-0.3, -0.25) is 9.69 Å². The van der Waals surface area contributed by atoms with Gasteiger partial charge in [0.1, 0.15) is 0 Å². The summed E-state index contributed by atoms with van der Waals surface area (Å²) in [5.74, 6) is 0.605. The van der Waals surface area contributed by atoms with Crippen LogP contribution in [0.15, 0.2) is 0 Å². The fourth-order valence-corrected chi connectivity index (χ4v) is 2.43. The average Bonchev–Trinajstić information content (AvgIpc) is 2.27. The SMILES string of the molecule is CCC1CN(C(=O)C(N)CC(C)C)CCN1C. The molecule has 2 atom stereocenters. The van der Waals surface area contributed by atoms with E-state index < -0.39 is 0 Å². The molecule has 1 fully saturated rings. The van der Waals surface area contributed by atoms with Crippen LogP contribution in [-0.4, -0.2) is 54.5 Å². The zero-order chi connectivity index (χ0) is 13.0. The van der Waals surface area contributed by atoms with Gasteiger partial charge in [-0.15, -0.1) is 0 Å². The maximum atomic E-state index is 12.2. The molecule has 0 aromatic carbocycles. The summed E-state index contributed by atoms with van der Waals surface area (Å²) >= 11 is 0. The summed E-state index contributed by atoms with van der Waals surface area (Å²) in [6.07, 6.45) is 1.86. The maximum Gasteiger partial charge on any atom is 0.239 e. The first-order chi connectivity index (χ1) is 7.95. The van der Waals surface area contributed by atoms with Crippen LogP contribution in [0.25, 0.3) is 0 Å². The third-order valence-electron chi connectivity index (χ3n) is 3.60. The quantitative estimate of drug-likeness (QED) is 0.796. The van der Waals surface area contributed by atoms with Crippen molar-refractivity contribution in [3.8, 4) is 0 Å². The van der Waals surface area contributed by atoms with Crippen LogP contribution in [0.1, 0.15) is 33.6 Å². The van der Waals surface area contributed by atoms with E-state index in [1.165, 1.54) is 0 Å². The number of nitrogens with zero attached hydrogens (tertiary/aromatic N) is 2. The van der Waals surface area contributed by atoms with Crippen molar-refractivity contribution in [2.75, 3.05) is 26.7 Å². The molecule has 0 radical (unpaired) electrons. The van der Waals surface area contributed by atoms with Crippen LogP contribution in [0.5, 0.6) is 0 Å². The van der Waals surface area contributed by atoms with Crippen LogP contribution in [0.2, 0.25) is 0 Å². The summed E-state index contributed by atoms with van der Waals surface area (Å²) in [4.78, 5) is 16.5. The van der Waals surface area contributed by atoms with Crippen LogP contribution >= 0.6 is 0 Å². The molecule has 1 saturated heterocycles. The molecule has 1 aliphatic rings. The Morgan fingerprint density at radius 2 is 2.06 bits per heavy atom. The molecule has 17 heavy (non-hydrogen) atoms. The summed E-state index contributed by atoms with van der Waals surface area (Å²) in [6, 6.07) is 0.162. The number of rotatable bonds is 4. The fourth-order valence-electron chi connectivity index (χ4n) is 2.43. The van der Waals surface area contributed by atoms with E-state index >= 15 is 0 Å². The van der Waals surface area contributed by atoms with E-state index in [9.17, 15) is 4.79 Å². The second-order valence-corrected chi connectivity index (χ2v) is 5.56. The van der Waals surface area contributed by atoms with Gasteiger partial charge in [0.25, 0.3) is 0 Å². The summed E-state index contributed by atoms with van der Waals surface area (Å²) in [5.41, 5.74) is 5.97. The van der Waals surface area contributed by atoms with Crippen molar-refractivity contribution < 1.29 is 4.79 Å². The Morgan fingerprint density at radius 1 is 1.41 bits per heavy atom. The van der Waals surface area contributed by atoms with Crippen molar-refractivity contribution in [3.63, 3.8) is 0 Å². The zero-order valence-electron chi connectivity index (χ0n) is 11.6. The predicted molar refractivity (Wildman–Crippen MR) is 70.7 cm³/mol. The van der Waals surface area contributed by atoms with Crippen molar-refractivity contribution in [1.82, 2.24) is 9.80 Å². The lowest BCUT2D eigenvalue weighted by Gasteiger charge is -2.40. The third kappa shape index (κ3) is 3.96. The van der Waals surface area contributed by atoms with Gasteiger partial charge in [-0.25, -0.2) is 0 Å². The summed E-state index contributed by atoms with van der Waals surface area (Å²) in [5, 5.41) is 0. The highest BCUT2D eigenvalue weighted by molar-refractivity contribution is 5.81. The van der Waals surface area contributed by atoms with E-state index in [0.717, 1.165) is 32.5 Å². The number of carbonyl (C=O) groups excluding carboxylic acids is 1. The van der Waals surface area contributed by atoms with Gasteiger partial charge in [0.2, 0.25) is 5.91 Å². The molecule has 1 rings (SSSR count). The molecule has 0 saturated carbocycles. The molecular formula is C13H27N3O. The standard InChI is InChI=1S/C13H27N3O/c1-5-11-9-16(7-6-15(11)4)13(17)12(14)8-10(2)3/h10-12H,5-9,14H2,1-4H3. The Balaban J connectivity index is 2.52. The van der Waals surface area contributed by atoms with Gasteiger partial charge >= 0.3 is 0 Å². The molecule has 1 aliphatic heterocycles. The van der Waals surface area contributed by atoms with E-state index in [1.54, 1.807) is 0 Å². The van der Waals surface area contributed by atoms with Crippen LogP contribution in [0.3, 0.4) is 0 Å². The van der Waals surface area contributed by atoms with Gasteiger partial charge in [-0.1, -0.05) is 20.8 Å². The maximum absolute atomic E-state index is 12.2. The molecule has 2 N–H and O–H groups in total. The van der Waals surface area contributed by atoms with Gasteiger partial charge in [-0.05, 0) is 25.8 Å². The van der Waals surface area contributed by atoms with E-state index in [-0.39, 0.29) is 11.9 Å². The predicted octanol–water partition coefficient (Wildman–Crippen LogP) is 0.912. The van der Waals surface area contributed by atoms with E-state index in [4.69, 9.17) is 5.73 Å². The van der Waals surface area contributed by atoms with Gasteiger partial charge in [0, 0.05) is 25.7 Å². The monoisotopic (exact) mass is 241 g/mol. The van der Waals surface area contributed by atoms with Gasteiger partial charge in [0.05, 0.1) is 6.04 Å². The van der Waals surface area contributed by atoms with Crippen molar-refractivity contribution in [3.05, 3.63) is 0 Å². The Kier molecular flexibility index (Phi) is 5.40. The Hall–Kier alpha value is -0.610. The molecule has 0 spiro atoms. The van der Waals surface area contributed by atoms with Crippen molar-refractivity contribution in [2.45, 2.75) is 45.7 Å². The highest BCUT2D eigenvalue weighted by atomic mass is 16.2. The van der Waals surface area contributed by atoms with Crippen molar-refractivity contribution in [2.24, 2.45) is 11.7 Å². The highest BCUT2D eigenvalue weighted by Crippen LogP contribution is 2.13. The molecule has 0 aliphatic carbocycles. The van der Waals surface area contributed by atoms with Crippen LogP contribution < -0.4 is 5.73 Å². The molecular weight excluding hydrogens is 214 g/mol. The Morgan fingerprint density at radius 3 is 2.59 bits per heavy atom. The average molecular weight is 241 g/mol. The second-order valence-electron chi connectivity index (χ2n) is 5.56. The summed E-state index contributed by atoms with van der Waals surface area (Å²) in [6.45, 7) is 8.98. The largest absolute Gasteiger partial charge is 0.338 e. The fraction of sp³-hybridized carbons (Fsp3) is 0.923. The number of nitrogens with two attached hydrogens (primary N) is 1. The minimum absolute atomic E-state index is 0.130. The molecule has 0 aromatic rings.